The lowest BCUT2D eigenvalue weighted by Gasteiger charge is -2.19. The molecule has 2 rings (SSSR count). The minimum absolute atomic E-state index is 0.0817. The zero-order valence-electron chi connectivity index (χ0n) is 9.04. The number of benzene rings is 1. The van der Waals surface area contributed by atoms with E-state index in [4.69, 9.17) is 16.3 Å². The second-order valence-corrected chi connectivity index (χ2v) is 5.22. The Bertz CT molecular complexity index is 469. The number of anilines is 1. The van der Waals surface area contributed by atoms with E-state index in [1.807, 2.05) is 0 Å². The van der Waals surface area contributed by atoms with Crippen molar-refractivity contribution in [3.63, 3.8) is 0 Å². The Morgan fingerprint density at radius 2 is 2.29 bits per heavy atom. The highest BCUT2D eigenvalue weighted by atomic mass is 79.9. The third kappa shape index (κ3) is 2.40. The van der Waals surface area contributed by atoms with Crippen LogP contribution in [0.2, 0.25) is 0 Å². The lowest BCUT2D eigenvalue weighted by Crippen LogP contribution is -2.25. The van der Waals surface area contributed by atoms with Crippen LogP contribution in [-0.2, 0) is 4.79 Å². The van der Waals surface area contributed by atoms with Crippen LogP contribution in [-0.4, -0.2) is 24.9 Å². The van der Waals surface area contributed by atoms with Crippen molar-refractivity contribution >= 4 is 39.1 Å². The van der Waals surface area contributed by atoms with Gasteiger partial charge in [-0.25, -0.2) is 4.39 Å². The number of amides is 1. The molecule has 1 unspecified atom stereocenters. The Morgan fingerprint density at radius 1 is 1.59 bits per heavy atom. The zero-order chi connectivity index (χ0) is 12.6. The number of alkyl halides is 1. The molecule has 1 heterocycles. The fourth-order valence-electron chi connectivity index (χ4n) is 1.79. The third-order valence-electron chi connectivity index (χ3n) is 2.59. The second-order valence-electron chi connectivity index (χ2n) is 3.74. The van der Waals surface area contributed by atoms with E-state index < -0.39 is 5.82 Å². The Kier molecular flexibility index (Phi) is 3.58. The molecule has 0 aromatic heterocycles. The fourth-order valence-corrected chi connectivity index (χ4v) is 2.39. The highest BCUT2D eigenvalue weighted by Gasteiger charge is 2.31. The van der Waals surface area contributed by atoms with Gasteiger partial charge in [-0.15, -0.1) is 11.6 Å². The molecule has 1 amide bonds. The van der Waals surface area contributed by atoms with Crippen molar-refractivity contribution in [3.8, 4) is 5.75 Å². The molecule has 6 heteroatoms. The van der Waals surface area contributed by atoms with E-state index in [1.54, 1.807) is 0 Å². The molecule has 1 aromatic carbocycles. The van der Waals surface area contributed by atoms with Crippen molar-refractivity contribution in [2.75, 3.05) is 18.6 Å². The molecule has 1 saturated heterocycles. The van der Waals surface area contributed by atoms with Crippen LogP contribution in [0.4, 0.5) is 10.1 Å². The van der Waals surface area contributed by atoms with E-state index in [-0.39, 0.29) is 11.3 Å². The Balaban J connectivity index is 2.44. The molecule has 1 aliphatic heterocycles. The summed E-state index contributed by atoms with van der Waals surface area (Å²) in [6, 6.07) is 2.77. The number of hydrogen-bond donors (Lipinski definition) is 0. The van der Waals surface area contributed by atoms with Gasteiger partial charge in [0.15, 0.2) is 0 Å². The number of methoxy groups -OCH3 is 1. The summed E-state index contributed by atoms with van der Waals surface area (Å²) >= 11 is 9.02. The topological polar surface area (TPSA) is 29.5 Å². The summed E-state index contributed by atoms with van der Waals surface area (Å²) in [6.45, 7) is 0.412. The lowest BCUT2D eigenvalue weighted by molar-refractivity contribution is -0.117. The molecule has 0 aliphatic carbocycles. The summed E-state index contributed by atoms with van der Waals surface area (Å²) in [7, 11) is 1.44. The molecule has 0 bridgehead atoms. The number of carbonyl (C=O) groups excluding carboxylic acids is 1. The van der Waals surface area contributed by atoms with Crippen molar-refractivity contribution in [2.24, 2.45) is 0 Å². The third-order valence-corrected chi connectivity index (χ3v) is 3.49. The van der Waals surface area contributed by atoms with Crippen molar-refractivity contribution in [1.82, 2.24) is 0 Å². The van der Waals surface area contributed by atoms with Gasteiger partial charge in [-0.1, -0.05) is 0 Å². The van der Waals surface area contributed by atoms with Crippen LogP contribution in [0.1, 0.15) is 6.42 Å². The molecular formula is C11H10BrClFNO2. The molecule has 17 heavy (non-hydrogen) atoms. The molecule has 3 nitrogen and oxygen atoms in total. The van der Waals surface area contributed by atoms with Crippen LogP contribution in [0.5, 0.6) is 5.75 Å². The van der Waals surface area contributed by atoms with Gasteiger partial charge in [0.1, 0.15) is 11.6 Å². The Hall–Kier alpha value is -0.810. The normalized spacial score (nSPS) is 19.9. The summed E-state index contributed by atoms with van der Waals surface area (Å²) in [5.41, 5.74) is 0.536. The van der Waals surface area contributed by atoms with Gasteiger partial charge in [-0.3, -0.25) is 4.79 Å². The SMILES string of the molecule is COc1cc(F)c(Br)cc1N1CC(Cl)CC1=O. The number of rotatable bonds is 2. The first-order chi connectivity index (χ1) is 8.02. The van der Waals surface area contributed by atoms with Crippen LogP contribution >= 0.6 is 27.5 Å². The maximum Gasteiger partial charge on any atom is 0.228 e. The number of halogens is 3. The molecule has 92 valence electrons. The van der Waals surface area contributed by atoms with Gasteiger partial charge in [0.25, 0.3) is 0 Å². The minimum Gasteiger partial charge on any atom is -0.494 e. The quantitative estimate of drug-likeness (QED) is 0.784. The smallest absolute Gasteiger partial charge is 0.228 e. The van der Waals surface area contributed by atoms with Crippen LogP contribution in [0.25, 0.3) is 0 Å². The van der Waals surface area contributed by atoms with Crippen LogP contribution in [0.15, 0.2) is 16.6 Å². The standard InChI is InChI=1S/C11H10BrClFNO2/c1-17-10-4-8(14)7(12)3-9(10)15-5-6(13)2-11(15)16/h3-4,6H,2,5H2,1H3. The van der Waals surface area contributed by atoms with E-state index >= 15 is 0 Å². The lowest BCUT2D eigenvalue weighted by atomic mass is 10.2. The average Bonchev–Trinajstić information content (AvgIpc) is 2.61. The molecule has 1 aromatic rings. The van der Waals surface area contributed by atoms with Gasteiger partial charge in [-0.2, -0.15) is 0 Å². The molecule has 0 spiro atoms. The molecular weight excluding hydrogens is 312 g/mol. The second kappa shape index (κ2) is 4.82. The van der Waals surface area contributed by atoms with Crippen molar-refractivity contribution in [2.45, 2.75) is 11.8 Å². The largest absolute Gasteiger partial charge is 0.494 e. The van der Waals surface area contributed by atoms with E-state index in [0.717, 1.165) is 0 Å². The van der Waals surface area contributed by atoms with Gasteiger partial charge < -0.3 is 9.64 Å². The molecule has 1 fully saturated rings. The molecule has 1 aliphatic rings. The monoisotopic (exact) mass is 321 g/mol. The summed E-state index contributed by atoms with van der Waals surface area (Å²) < 4.78 is 18.7. The maximum atomic E-state index is 13.4. The number of hydrogen-bond acceptors (Lipinski definition) is 2. The van der Waals surface area contributed by atoms with E-state index in [9.17, 15) is 9.18 Å². The number of carbonyl (C=O) groups is 1. The molecule has 1 atom stereocenters. The van der Waals surface area contributed by atoms with Crippen LogP contribution in [0.3, 0.4) is 0 Å². The predicted molar refractivity (Wildman–Crippen MR) is 67.3 cm³/mol. The zero-order valence-corrected chi connectivity index (χ0v) is 11.4. The van der Waals surface area contributed by atoms with Crippen LogP contribution in [0, 0.1) is 5.82 Å². The fraction of sp³-hybridized carbons (Fsp3) is 0.364. The Morgan fingerprint density at radius 3 is 2.82 bits per heavy atom. The summed E-state index contributed by atoms with van der Waals surface area (Å²) in [4.78, 5) is 13.2. The predicted octanol–water partition coefficient (Wildman–Crippen LogP) is 2.94. The summed E-state index contributed by atoms with van der Waals surface area (Å²) in [5, 5.41) is -0.212. The first-order valence-electron chi connectivity index (χ1n) is 5.00. The first-order valence-corrected chi connectivity index (χ1v) is 6.23. The van der Waals surface area contributed by atoms with Gasteiger partial charge >= 0.3 is 0 Å². The van der Waals surface area contributed by atoms with E-state index in [2.05, 4.69) is 15.9 Å². The van der Waals surface area contributed by atoms with Gasteiger partial charge in [0.2, 0.25) is 5.91 Å². The minimum atomic E-state index is -0.431. The Labute approximate surface area is 112 Å². The van der Waals surface area contributed by atoms with Crippen molar-refractivity contribution in [1.29, 1.82) is 0 Å². The number of ether oxygens (including phenoxy) is 1. The van der Waals surface area contributed by atoms with Gasteiger partial charge in [0.05, 0.1) is 22.6 Å². The van der Waals surface area contributed by atoms with E-state index in [1.165, 1.54) is 24.1 Å². The summed E-state index contributed by atoms with van der Waals surface area (Å²) in [5.74, 6) is -0.189. The van der Waals surface area contributed by atoms with Crippen molar-refractivity contribution < 1.29 is 13.9 Å². The average molecular weight is 323 g/mol. The van der Waals surface area contributed by atoms with Crippen molar-refractivity contribution in [3.05, 3.63) is 22.4 Å². The van der Waals surface area contributed by atoms with Gasteiger partial charge in [-0.05, 0) is 22.0 Å². The molecule has 0 N–H and O–H groups in total. The first kappa shape index (κ1) is 12.6. The highest BCUT2D eigenvalue weighted by molar-refractivity contribution is 9.10. The van der Waals surface area contributed by atoms with Gasteiger partial charge in [0, 0.05) is 19.0 Å². The number of nitrogens with zero attached hydrogens (tertiary/aromatic N) is 1. The highest BCUT2D eigenvalue weighted by Crippen LogP contribution is 2.36. The maximum absolute atomic E-state index is 13.4. The summed E-state index contributed by atoms with van der Waals surface area (Å²) in [6.07, 6.45) is 0.291. The van der Waals surface area contributed by atoms with Crippen LogP contribution < -0.4 is 9.64 Å². The van der Waals surface area contributed by atoms with E-state index in [0.29, 0.717) is 28.9 Å². The molecule has 0 saturated carbocycles. The molecule has 0 radical (unpaired) electrons.